The average Bonchev–Trinajstić information content (AvgIpc) is 3.71. The number of hydrogen-bond acceptors (Lipinski definition) is 3. The lowest BCUT2D eigenvalue weighted by Gasteiger charge is -2.28. The minimum absolute atomic E-state index is 0.240. The van der Waals surface area contributed by atoms with Crippen LogP contribution in [-0.2, 0) is 5.41 Å². The van der Waals surface area contributed by atoms with Gasteiger partial charge in [0.15, 0.2) is 5.82 Å². The molecule has 0 spiro atoms. The zero-order valence-corrected chi connectivity index (χ0v) is 28.9. The molecule has 0 N–H and O–H groups in total. The number of thiophene rings is 1. The molecule has 0 aliphatic heterocycles. The Kier molecular flexibility index (Phi) is 6.83. The standard InChI is InChI=1S/C48H32N2S/c1-48(36-17-6-3-7-18-36)41-21-10-8-19-37(41)39-29-35(23-25-42(39)48)44-30-43(49-47(50-44)31-13-4-2-5-14-31)34-16-12-15-32(27-34)33-24-26-46-40(28-33)38-20-9-11-22-45(38)51-46/h2-30H,1H3. The molecule has 10 rings (SSSR count). The molecule has 0 bridgehead atoms. The summed E-state index contributed by atoms with van der Waals surface area (Å²) in [7, 11) is 0. The second-order valence-electron chi connectivity index (χ2n) is 13.5. The Morgan fingerprint density at radius 2 is 1.02 bits per heavy atom. The van der Waals surface area contributed by atoms with E-state index < -0.39 is 0 Å². The lowest BCUT2D eigenvalue weighted by atomic mass is 9.74. The first-order valence-corrected chi connectivity index (χ1v) is 18.2. The van der Waals surface area contributed by atoms with Gasteiger partial charge in [-0.1, -0.05) is 140 Å². The SMILES string of the molecule is CC1(c2ccccc2)c2ccccc2-c2cc(-c3cc(-c4cccc(-c5ccc6sc7ccccc7c6c5)c4)nc(-c4ccccc4)n3)ccc21. The van der Waals surface area contributed by atoms with Crippen LogP contribution >= 0.6 is 11.3 Å². The molecule has 0 radical (unpaired) electrons. The van der Waals surface area contributed by atoms with Gasteiger partial charge >= 0.3 is 0 Å². The van der Waals surface area contributed by atoms with Crippen LogP contribution in [0.25, 0.3) is 76.3 Å². The van der Waals surface area contributed by atoms with Crippen molar-refractivity contribution in [3.63, 3.8) is 0 Å². The Morgan fingerprint density at radius 1 is 0.412 bits per heavy atom. The summed E-state index contributed by atoms with van der Waals surface area (Å²) in [5.74, 6) is 0.717. The third kappa shape index (κ3) is 4.85. The van der Waals surface area contributed by atoms with E-state index in [1.807, 2.05) is 29.5 Å². The Bertz CT molecular complexity index is 2760. The number of aromatic nitrogens is 2. The predicted molar refractivity (Wildman–Crippen MR) is 214 cm³/mol. The van der Waals surface area contributed by atoms with Crippen molar-refractivity contribution in [1.82, 2.24) is 9.97 Å². The minimum Gasteiger partial charge on any atom is -0.228 e. The third-order valence-corrected chi connectivity index (χ3v) is 11.7. The van der Waals surface area contributed by atoms with Crippen molar-refractivity contribution < 1.29 is 0 Å². The van der Waals surface area contributed by atoms with Crippen molar-refractivity contribution in [3.8, 4) is 56.2 Å². The summed E-state index contributed by atoms with van der Waals surface area (Å²) < 4.78 is 2.63. The minimum atomic E-state index is -0.240. The van der Waals surface area contributed by atoms with Crippen LogP contribution in [0.4, 0.5) is 0 Å². The van der Waals surface area contributed by atoms with Crippen molar-refractivity contribution in [1.29, 1.82) is 0 Å². The number of hydrogen-bond donors (Lipinski definition) is 0. The van der Waals surface area contributed by atoms with E-state index in [-0.39, 0.29) is 5.41 Å². The molecule has 51 heavy (non-hydrogen) atoms. The summed E-state index contributed by atoms with van der Waals surface area (Å²) in [6, 6.07) is 63.3. The van der Waals surface area contributed by atoms with Crippen molar-refractivity contribution >= 4 is 31.5 Å². The quantitative estimate of drug-likeness (QED) is 0.182. The fourth-order valence-corrected chi connectivity index (χ4v) is 9.05. The molecule has 240 valence electrons. The van der Waals surface area contributed by atoms with Gasteiger partial charge in [-0.05, 0) is 82.3 Å². The third-order valence-electron chi connectivity index (χ3n) is 10.6. The normalized spacial score (nSPS) is 14.8. The molecular weight excluding hydrogens is 637 g/mol. The van der Waals surface area contributed by atoms with Crippen LogP contribution in [0.5, 0.6) is 0 Å². The molecule has 3 heteroatoms. The van der Waals surface area contributed by atoms with Crippen LogP contribution in [0.3, 0.4) is 0 Å². The zero-order valence-electron chi connectivity index (χ0n) is 28.0. The fraction of sp³-hybridized carbons (Fsp3) is 0.0417. The number of rotatable bonds is 5. The highest BCUT2D eigenvalue weighted by atomic mass is 32.1. The van der Waals surface area contributed by atoms with E-state index in [1.165, 1.54) is 59.1 Å². The van der Waals surface area contributed by atoms with Gasteiger partial charge in [0, 0.05) is 42.3 Å². The van der Waals surface area contributed by atoms with Gasteiger partial charge in [0.25, 0.3) is 0 Å². The summed E-state index contributed by atoms with van der Waals surface area (Å²) >= 11 is 1.85. The maximum absolute atomic E-state index is 5.20. The van der Waals surface area contributed by atoms with Crippen LogP contribution in [0, 0.1) is 0 Å². The van der Waals surface area contributed by atoms with Crippen LogP contribution in [0.1, 0.15) is 23.6 Å². The van der Waals surface area contributed by atoms with E-state index in [1.54, 1.807) is 0 Å². The molecule has 2 heterocycles. The molecule has 2 aromatic heterocycles. The molecule has 7 aromatic carbocycles. The van der Waals surface area contributed by atoms with Crippen LogP contribution < -0.4 is 0 Å². The van der Waals surface area contributed by atoms with Gasteiger partial charge in [-0.25, -0.2) is 9.97 Å². The lowest BCUT2D eigenvalue weighted by Crippen LogP contribution is -2.22. The van der Waals surface area contributed by atoms with E-state index in [9.17, 15) is 0 Å². The molecule has 1 aliphatic rings. The fourth-order valence-electron chi connectivity index (χ4n) is 7.97. The Morgan fingerprint density at radius 3 is 1.86 bits per heavy atom. The van der Waals surface area contributed by atoms with Gasteiger partial charge in [-0.2, -0.15) is 0 Å². The highest BCUT2D eigenvalue weighted by Gasteiger charge is 2.40. The van der Waals surface area contributed by atoms with E-state index in [0.29, 0.717) is 0 Å². The van der Waals surface area contributed by atoms with E-state index >= 15 is 0 Å². The molecule has 2 nitrogen and oxygen atoms in total. The van der Waals surface area contributed by atoms with Gasteiger partial charge in [0.05, 0.1) is 11.4 Å². The Labute approximate surface area is 301 Å². The smallest absolute Gasteiger partial charge is 0.160 e. The van der Waals surface area contributed by atoms with Gasteiger partial charge in [-0.15, -0.1) is 11.3 Å². The van der Waals surface area contributed by atoms with E-state index in [2.05, 4.69) is 165 Å². The maximum Gasteiger partial charge on any atom is 0.160 e. The second kappa shape index (κ2) is 11.7. The van der Waals surface area contributed by atoms with Gasteiger partial charge in [0.2, 0.25) is 0 Å². The first kappa shape index (κ1) is 29.7. The molecule has 9 aromatic rings. The largest absolute Gasteiger partial charge is 0.228 e. The predicted octanol–water partition coefficient (Wildman–Crippen LogP) is 12.8. The highest BCUT2D eigenvalue weighted by molar-refractivity contribution is 7.25. The second-order valence-corrected chi connectivity index (χ2v) is 14.6. The molecule has 0 saturated heterocycles. The molecule has 0 amide bonds. The first-order chi connectivity index (χ1) is 25.1. The topological polar surface area (TPSA) is 25.8 Å². The van der Waals surface area contributed by atoms with Crippen molar-refractivity contribution in [2.24, 2.45) is 0 Å². The lowest BCUT2D eigenvalue weighted by molar-refractivity contribution is 0.714. The summed E-state index contributed by atoms with van der Waals surface area (Å²) in [6.07, 6.45) is 0. The number of benzene rings is 7. The number of fused-ring (bicyclic) bond motifs is 6. The van der Waals surface area contributed by atoms with Gasteiger partial charge < -0.3 is 0 Å². The monoisotopic (exact) mass is 668 g/mol. The van der Waals surface area contributed by atoms with E-state index in [4.69, 9.17) is 9.97 Å². The molecule has 1 unspecified atom stereocenters. The summed E-state index contributed by atoms with van der Waals surface area (Å²) in [5, 5.41) is 2.61. The summed E-state index contributed by atoms with van der Waals surface area (Å²) in [4.78, 5) is 10.4. The first-order valence-electron chi connectivity index (χ1n) is 17.4. The van der Waals surface area contributed by atoms with E-state index in [0.717, 1.165) is 33.9 Å². The summed E-state index contributed by atoms with van der Waals surface area (Å²) in [6.45, 7) is 2.36. The van der Waals surface area contributed by atoms with Crippen molar-refractivity contribution in [3.05, 3.63) is 193 Å². The summed E-state index contributed by atoms with van der Waals surface area (Å²) in [5.41, 5.74) is 13.6. The number of nitrogens with zero attached hydrogens (tertiary/aromatic N) is 2. The molecule has 0 fully saturated rings. The van der Waals surface area contributed by atoms with Crippen LogP contribution in [0.2, 0.25) is 0 Å². The average molecular weight is 669 g/mol. The van der Waals surface area contributed by atoms with Gasteiger partial charge in [0.1, 0.15) is 0 Å². The van der Waals surface area contributed by atoms with Gasteiger partial charge in [-0.3, -0.25) is 0 Å². The molecule has 1 aliphatic carbocycles. The molecular formula is C48H32N2S. The maximum atomic E-state index is 5.20. The molecule has 1 atom stereocenters. The Hall–Kier alpha value is -6.16. The molecule has 0 saturated carbocycles. The van der Waals surface area contributed by atoms with Crippen molar-refractivity contribution in [2.75, 3.05) is 0 Å². The van der Waals surface area contributed by atoms with Crippen LogP contribution in [0.15, 0.2) is 176 Å². The van der Waals surface area contributed by atoms with Crippen LogP contribution in [-0.4, -0.2) is 9.97 Å². The Balaban J connectivity index is 1.11. The highest BCUT2D eigenvalue weighted by Crippen LogP contribution is 2.53. The zero-order chi connectivity index (χ0) is 33.9. The van der Waals surface area contributed by atoms with Crippen molar-refractivity contribution in [2.45, 2.75) is 12.3 Å².